The third-order valence-electron chi connectivity index (χ3n) is 2.33. The number of rotatable bonds is 2. The molecule has 0 amide bonds. The lowest BCUT2D eigenvalue weighted by atomic mass is 10.2. The van der Waals surface area contributed by atoms with Crippen molar-refractivity contribution in [1.29, 1.82) is 0 Å². The van der Waals surface area contributed by atoms with Crippen LogP contribution in [-0.4, -0.2) is 9.81 Å². The van der Waals surface area contributed by atoms with E-state index in [9.17, 15) is 18.4 Å². The van der Waals surface area contributed by atoms with Crippen LogP contribution in [0, 0.1) is 11.6 Å². The molecule has 2 aromatic rings. The van der Waals surface area contributed by atoms with Crippen molar-refractivity contribution in [2.75, 3.05) is 0 Å². The van der Waals surface area contributed by atoms with Crippen molar-refractivity contribution in [3.05, 3.63) is 64.1 Å². The van der Waals surface area contributed by atoms with Crippen molar-refractivity contribution < 1.29 is 13.6 Å². The number of nitrogens with zero attached hydrogens (tertiary/aromatic N) is 1. The molecule has 0 bridgehead atoms. The molecule has 0 aliphatic heterocycles. The van der Waals surface area contributed by atoms with Gasteiger partial charge in [-0.05, 0) is 29.8 Å². The Hall–Kier alpha value is -2.01. The van der Waals surface area contributed by atoms with Gasteiger partial charge >= 0.3 is 0 Å². The monoisotopic (exact) mass is 269 g/mol. The highest BCUT2D eigenvalue weighted by molar-refractivity contribution is 6.67. The minimum atomic E-state index is -1.17. The van der Waals surface area contributed by atoms with Crippen LogP contribution in [-0.2, 0) is 0 Å². The highest BCUT2D eigenvalue weighted by atomic mass is 35.5. The van der Waals surface area contributed by atoms with Crippen LogP contribution in [0.1, 0.15) is 10.4 Å². The second kappa shape index (κ2) is 4.70. The molecule has 0 unspecified atom stereocenters. The Labute approximate surface area is 105 Å². The molecule has 0 radical (unpaired) electrons. The Morgan fingerprint density at radius 1 is 1.17 bits per heavy atom. The van der Waals surface area contributed by atoms with Gasteiger partial charge in [-0.2, -0.15) is 0 Å². The van der Waals surface area contributed by atoms with Gasteiger partial charge in [-0.15, -0.1) is 0 Å². The molecule has 0 aliphatic rings. The smallest absolute Gasteiger partial charge is 0.255 e. The standard InChI is InChI=1S/C12H6ClF2NO2/c13-12(18)7-4-5-10(17)16(6-7)9-3-1-2-8(14)11(9)15/h1-6H. The number of carbonyl (C=O) groups is 1. The predicted octanol–water partition coefficient (Wildman–Crippen LogP) is 2.49. The Bertz CT molecular complexity index is 682. The van der Waals surface area contributed by atoms with Crippen LogP contribution in [0.3, 0.4) is 0 Å². The normalized spacial score (nSPS) is 10.4. The number of aromatic nitrogens is 1. The summed E-state index contributed by atoms with van der Waals surface area (Å²) in [4.78, 5) is 22.6. The van der Waals surface area contributed by atoms with Gasteiger partial charge in [0.2, 0.25) is 0 Å². The van der Waals surface area contributed by atoms with E-state index in [-0.39, 0.29) is 11.3 Å². The van der Waals surface area contributed by atoms with Crippen molar-refractivity contribution in [1.82, 2.24) is 4.57 Å². The van der Waals surface area contributed by atoms with Gasteiger partial charge < -0.3 is 0 Å². The Kier molecular flexibility index (Phi) is 3.25. The van der Waals surface area contributed by atoms with Gasteiger partial charge in [0.25, 0.3) is 10.8 Å². The molecule has 2 rings (SSSR count). The quantitative estimate of drug-likeness (QED) is 0.786. The SMILES string of the molecule is O=C(Cl)c1ccc(=O)n(-c2cccc(F)c2F)c1. The number of pyridine rings is 1. The molecule has 0 saturated carbocycles. The molecule has 18 heavy (non-hydrogen) atoms. The average Bonchev–Trinajstić information content (AvgIpc) is 2.33. The van der Waals surface area contributed by atoms with Crippen LogP contribution in [0.4, 0.5) is 8.78 Å². The number of carbonyl (C=O) groups excluding carboxylic acids is 1. The molecule has 0 saturated heterocycles. The van der Waals surface area contributed by atoms with Gasteiger partial charge in [0.1, 0.15) is 0 Å². The van der Waals surface area contributed by atoms with Gasteiger partial charge in [0.05, 0.1) is 11.3 Å². The van der Waals surface area contributed by atoms with Crippen LogP contribution < -0.4 is 5.56 Å². The summed E-state index contributed by atoms with van der Waals surface area (Å²) in [5.74, 6) is -2.25. The van der Waals surface area contributed by atoms with E-state index >= 15 is 0 Å². The Morgan fingerprint density at radius 3 is 2.56 bits per heavy atom. The third kappa shape index (κ3) is 2.17. The molecule has 3 nitrogen and oxygen atoms in total. The highest BCUT2D eigenvalue weighted by Crippen LogP contribution is 2.15. The fourth-order valence-electron chi connectivity index (χ4n) is 1.47. The maximum absolute atomic E-state index is 13.5. The molecular formula is C12H6ClF2NO2. The molecular weight excluding hydrogens is 264 g/mol. The molecule has 0 N–H and O–H groups in total. The molecule has 92 valence electrons. The van der Waals surface area contributed by atoms with Crippen LogP contribution in [0.2, 0.25) is 0 Å². The zero-order valence-corrected chi connectivity index (χ0v) is 9.62. The summed E-state index contributed by atoms with van der Waals surface area (Å²) in [5.41, 5.74) is -0.860. The van der Waals surface area contributed by atoms with Gasteiger partial charge in [0.15, 0.2) is 11.6 Å². The van der Waals surface area contributed by atoms with Crippen molar-refractivity contribution in [2.45, 2.75) is 0 Å². The fourth-order valence-corrected chi connectivity index (χ4v) is 1.58. The van der Waals surface area contributed by atoms with Crippen LogP contribution in [0.15, 0.2) is 41.3 Å². The second-order valence-corrected chi connectivity index (χ2v) is 3.82. The Morgan fingerprint density at radius 2 is 1.89 bits per heavy atom. The largest absolute Gasteiger partial charge is 0.280 e. The average molecular weight is 270 g/mol. The lowest BCUT2D eigenvalue weighted by molar-refractivity contribution is 0.108. The molecule has 0 fully saturated rings. The summed E-state index contributed by atoms with van der Waals surface area (Å²) in [7, 11) is 0. The molecule has 1 aromatic heterocycles. The summed E-state index contributed by atoms with van der Waals surface area (Å²) in [6, 6.07) is 5.68. The molecule has 1 heterocycles. The molecule has 0 atom stereocenters. The van der Waals surface area contributed by atoms with Crippen LogP contribution in [0.25, 0.3) is 5.69 Å². The second-order valence-electron chi connectivity index (χ2n) is 3.47. The van der Waals surface area contributed by atoms with E-state index in [0.717, 1.165) is 22.9 Å². The first-order valence-electron chi connectivity index (χ1n) is 4.87. The molecule has 6 heteroatoms. The zero-order valence-electron chi connectivity index (χ0n) is 8.86. The topological polar surface area (TPSA) is 39.1 Å². The van der Waals surface area contributed by atoms with Crippen LogP contribution >= 0.6 is 11.6 Å². The van der Waals surface area contributed by atoms with E-state index in [1.807, 2.05) is 0 Å². The maximum Gasteiger partial charge on any atom is 0.255 e. The Balaban J connectivity index is 2.70. The maximum atomic E-state index is 13.5. The molecule has 1 aromatic carbocycles. The van der Waals surface area contributed by atoms with Gasteiger partial charge in [-0.3, -0.25) is 14.2 Å². The molecule has 0 spiro atoms. The molecule has 0 aliphatic carbocycles. The summed E-state index contributed by atoms with van der Waals surface area (Å²) in [6.45, 7) is 0. The first-order valence-corrected chi connectivity index (χ1v) is 5.25. The summed E-state index contributed by atoms with van der Waals surface area (Å²) >= 11 is 5.26. The number of benzene rings is 1. The summed E-state index contributed by atoms with van der Waals surface area (Å²) < 4.78 is 27.4. The fraction of sp³-hybridized carbons (Fsp3) is 0. The van der Waals surface area contributed by atoms with Crippen molar-refractivity contribution in [2.24, 2.45) is 0 Å². The summed E-state index contributed by atoms with van der Waals surface area (Å²) in [5, 5.41) is -0.791. The van der Waals surface area contributed by atoms with Crippen molar-refractivity contribution >= 4 is 16.8 Å². The van der Waals surface area contributed by atoms with Crippen molar-refractivity contribution in [3.63, 3.8) is 0 Å². The van der Waals surface area contributed by atoms with E-state index in [4.69, 9.17) is 11.6 Å². The van der Waals surface area contributed by atoms with E-state index in [0.29, 0.717) is 0 Å². The van der Waals surface area contributed by atoms with E-state index in [2.05, 4.69) is 0 Å². The summed E-state index contributed by atoms with van der Waals surface area (Å²) in [6.07, 6.45) is 1.06. The highest BCUT2D eigenvalue weighted by Gasteiger charge is 2.12. The van der Waals surface area contributed by atoms with E-state index < -0.39 is 22.4 Å². The minimum Gasteiger partial charge on any atom is -0.280 e. The first-order chi connectivity index (χ1) is 8.50. The number of hydrogen-bond donors (Lipinski definition) is 0. The number of halogens is 3. The third-order valence-corrected chi connectivity index (χ3v) is 2.55. The predicted molar refractivity (Wildman–Crippen MR) is 62.1 cm³/mol. The zero-order chi connectivity index (χ0) is 13.3. The lowest BCUT2D eigenvalue weighted by Gasteiger charge is -2.07. The van der Waals surface area contributed by atoms with Crippen molar-refractivity contribution in [3.8, 4) is 5.69 Å². The van der Waals surface area contributed by atoms with E-state index in [1.54, 1.807) is 0 Å². The number of hydrogen-bond acceptors (Lipinski definition) is 2. The lowest BCUT2D eigenvalue weighted by Crippen LogP contribution is -2.19. The van der Waals surface area contributed by atoms with Crippen LogP contribution in [0.5, 0.6) is 0 Å². The minimum absolute atomic E-state index is 0.0138. The first kappa shape index (κ1) is 12.4. The van der Waals surface area contributed by atoms with Gasteiger partial charge in [-0.1, -0.05) is 6.07 Å². The van der Waals surface area contributed by atoms with Gasteiger partial charge in [0, 0.05) is 12.3 Å². The van der Waals surface area contributed by atoms with Gasteiger partial charge in [-0.25, -0.2) is 8.78 Å². The van der Waals surface area contributed by atoms with E-state index in [1.165, 1.54) is 18.2 Å².